The summed E-state index contributed by atoms with van der Waals surface area (Å²) in [7, 11) is 3.10. The molecule has 4 N–H and O–H groups in total. The third-order valence-corrected chi connectivity index (χ3v) is 9.82. The third kappa shape index (κ3) is 3.56. The zero-order chi connectivity index (χ0) is 28.8. The molecule has 1 heterocycles. The molecule has 2 saturated carbocycles. The highest BCUT2D eigenvalue weighted by Gasteiger charge is 2.69. The molecule has 0 bridgehead atoms. The number of carbonyl (C=O) groups excluding carboxylic acids is 5. The van der Waals surface area contributed by atoms with Crippen molar-refractivity contribution in [2.24, 2.45) is 29.4 Å². The Hall–Kier alpha value is -3.18. The van der Waals surface area contributed by atoms with Crippen molar-refractivity contribution in [1.29, 1.82) is 0 Å². The Morgan fingerprint density at radius 1 is 1.15 bits per heavy atom. The molecule has 10 nitrogen and oxygen atoms in total. The second-order valence-corrected chi connectivity index (χ2v) is 12.2. The van der Waals surface area contributed by atoms with Crippen molar-refractivity contribution < 1.29 is 34.2 Å². The molecule has 11 heteroatoms. The van der Waals surface area contributed by atoms with Gasteiger partial charge in [0.15, 0.2) is 34.7 Å². The molecule has 2 aromatic carbocycles. The van der Waals surface area contributed by atoms with E-state index in [0.717, 1.165) is 25.1 Å². The maximum Gasteiger partial charge on any atom is 0.235 e. The van der Waals surface area contributed by atoms with E-state index < -0.39 is 64.4 Å². The van der Waals surface area contributed by atoms with Gasteiger partial charge in [-0.3, -0.25) is 33.8 Å². The number of aliphatic hydroxyl groups is 1. The van der Waals surface area contributed by atoms with E-state index >= 15 is 0 Å². The van der Waals surface area contributed by atoms with Gasteiger partial charge in [-0.15, -0.1) is 0 Å². The zero-order valence-electron chi connectivity index (χ0n) is 22.1. The molecule has 4 aliphatic rings. The molecule has 2 aromatic rings. The molecule has 40 heavy (non-hydrogen) atoms. The lowest BCUT2D eigenvalue weighted by Crippen LogP contribution is -2.74. The van der Waals surface area contributed by atoms with E-state index in [1.54, 1.807) is 20.2 Å². The molecule has 6 atom stereocenters. The number of hydrogen-bond acceptors (Lipinski definition) is 9. The maximum atomic E-state index is 14.0. The lowest BCUT2D eigenvalue weighted by molar-refractivity contribution is -0.181. The smallest absolute Gasteiger partial charge is 0.235 e. The number of ketones is 4. The van der Waals surface area contributed by atoms with Crippen LogP contribution in [0.3, 0.4) is 0 Å². The number of carbonyl (C=O) groups is 5. The second-order valence-electron chi connectivity index (χ2n) is 11.8. The number of Topliss-reactive ketones (excluding diaryl/α,β-unsaturated/α-hetero) is 4. The minimum Gasteiger partial charge on any atom is -0.507 e. The Labute approximate surface area is 235 Å². The number of nitrogens with two attached hydrogens (primary N) is 1. The van der Waals surface area contributed by atoms with Crippen LogP contribution in [0.4, 0.5) is 0 Å². The third-order valence-electron chi connectivity index (χ3n) is 9.39. The number of phenols is 1. The van der Waals surface area contributed by atoms with Gasteiger partial charge in [0.2, 0.25) is 5.91 Å². The molecule has 1 aliphatic heterocycles. The van der Waals surface area contributed by atoms with Crippen LogP contribution < -0.4 is 5.73 Å². The van der Waals surface area contributed by atoms with Gasteiger partial charge in [0.1, 0.15) is 5.75 Å². The molecule has 0 radical (unpaired) electrons. The van der Waals surface area contributed by atoms with Gasteiger partial charge in [0, 0.05) is 23.2 Å². The summed E-state index contributed by atoms with van der Waals surface area (Å²) in [4.78, 5) is 70.4. The van der Waals surface area contributed by atoms with Gasteiger partial charge in [0.25, 0.3) is 0 Å². The van der Waals surface area contributed by atoms with Crippen molar-refractivity contribution in [2.75, 3.05) is 27.2 Å². The van der Waals surface area contributed by atoms with Gasteiger partial charge in [-0.2, -0.15) is 0 Å². The normalized spacial score (nSPS) is 32.1. The van der Waals surface area contributed by atoms with Gasteiger partial charge in [-0.05, 0) is 69.6 Å². The monoisotopic (exact) mass is 567 g/mol. The minimum absolute atomic E-state index is 0.0200. The number of likely N-dealkylation sites (N-methyl/N-ethyl adjacent to an activating group) is 1. The molecule has 1 amide bonds. The fourth-order valence-electron chi connectivity index (χ4n) is 7.36. The lowest BCUT2D eigenvalue weighted by atomic mass is 9.52. The van der Waals surface area contributed by atoms with E-state index in [1.807, 2.05) is 12.1 Å². The predicted octanol–water partition coefficient (Wildman–Crippen LogP) is 0.879. The van der Waals surface area contributed by atoms with E-state index in [4.69, 9.17) is 17.3 Å². The molecule has 0 spiro atoms. The largest absolute Gasteiger partial charge is 0.507 e. The Balaban J connectivity index is 1.47. The predicted molar refractivity (Wildman–Crippen MR) is 144 cm³/mol. The molecule has 210 valence electrons. The highest BCUT2D eigenvalue weighted by atomic mass is 35.5. The molecule has 3 fully saturated rings. The number of primary amides is 1. The van der Waals surface area contributed by atoms with Gasteiger partial charge in [-0.1, -0.05) is 23.7 Å². The first-order chi connectivity index (χ1) is 18.9. The minimum atomic E-state index is -2.75. The summed E-state index contributed by atoms with van der Waals surface area (Å²) < 4.78 is 0. The lowest BCUT2D eigenvalue weighted by Gasteiger charge is -2.52. The van der Waals surface area contributed by atoms with E-state index in [9.17, 15) is 34.2 Å². The highest BCUT2D eigenvalue weighted by molar-refractivity contribution is 6.38. The first-order valence-corrected chi connectivity index (χ1v) is 13.8. The Morgan fingerprint density at radius 3 is 2.45 bits per heavy atom. The Morgan fingerprint density at radius 2 is 1.85 bits per heavy atom. The molecular formula is C29H30ClN3O7. The number of aromatic hydroxyl groups is 1. The average molecular weight is 568 g/mol. The van der Waals surface area contributed by atoms with Gasteiger partial charge in [-0.25, -0.2) is 0 Å². The van der Waals surface area contributed by atoms with Gasteiger partial charge < -0.3 is 15.9 Å². The van der Waals surface area contributed by atoms with Crippen molar-refractivity contribution in [3.8, 4) is 5.75 Å². The van der Waals surface area contributed by atoms with Crippen LogP contribution in [0.15, 0.2) is 18.2 Å². The summed E-state index contributed by atoms with van der Waals surface area (Å²) in [6.07, 6.45) is 1.24. The Bertz CT molecular complexity index is 1530. The van der Waals surface area contributed by atoms with Crippen molar-refractivity contribution in [1.82, 2.24) is 9.80 Å². The number of rotatable bonds is 4. The van der Waals surface area contributed by atoms with Crippen LogP contribution in [-0.2, 0) is 32.1 Å². The van der Waals surface area contributed by atoms with Crippen molar-refractivity contribution in [3.63, 3.8) is 0 Å². The summed E-state index contributed by atoms with van der Waals surface area (Å²) in [6.45, 7) is 2.65. The maximum absolute atomic E-state index is 14.0. The number of halogens is 1. The van der Waals surface area contributed by atoms with Crippen molar-refractivity contribution in [2.45, 2.75) is 37.5 Å². The van der Waals surface area contributed by atoms with Gasteiger partial charge >= 0.3 is 0 Å². The first-order valence-electron chi connectivity index (χ1n) is 13.4. The van der Waals surface area contributed by atoms with Gasteiger partial charge in [0.05, 0.1) is 22.5 Å². The van der Waals surface area contributed by atoms with E-state index in [1.165, 1.54) is 4.90 Å². The summed E-state index contributed by atoms with van der Waals surface area (Å²) in [5, 5.41) is 24.3. The fraction of sp³-hybridized carbons (Fsp3) is 0.483. The van der Waals surface area contributed by atoms with Crippen molar-refractivity contribution in [3.05, 3.63) is 39.9 Å². The number of likely N-dealkylation sites (tertiary alicyclic amines) is 1. The average Bonchev–Trinajstić information content (AvgIpc) is 2.86. The standard InChI is InChI=1S/C29H30ClN3O7/c1-32(2)22-17-10-13-9-16-19(23(34)15-8-12(11-33-6-3-7-33)4-5-14(15)21(16)30)24(35)18(13)26(37)29(17,40)27(38)20(25(22)36)28(31)39/h4-5,8,13,17-18,20,22,34,40H,3,6-7,9-11H2,1-2H3,(H2,31,39)/t13-,17-,18?,20?,22-,29-/m0/s1. The van der Waals surface area contributed by atoms with Crippen LogP contribution in [0.25, 0.3) is 10.8 Å². The topological polar surface area (TPSA) is 158 Å². The molecule has 0 aromatic heterocycles. The Kier molecular flexibility index (Phi) is 6.19. The molecule has 1 saturated heterocycles. The first kappa shape index (κ1) is 27.0. The number of phenolic OH excluding ortho intramolecular Hbond substituents is 1. The number of benzene rings is 2. The SMILES string of the molecule is CN(C)[C@@H]1C(=O)C(C(N)=O)C(=O)[C@@]2(O)C(=O)C3C(=O)c4c(c(Cl)c5ccc(CN6CCC6)cc5c4O)C[C@H]3C[C@@H]12. The molecule has 6 rings (SSSR count). The van der Waals surface area contributed by atoms with Crippen LogP contribution in [-0.4, -0.2) is 87.9 Å². The van der Waals surface area contributed by atoms with Crippen LogP contribution >= 0.6 is 11.6 Å². The van der Waals surface area contributed by atoms with Crippen LogP contribution in [0, 0.1) is 23.7 Å². The fourth-order valence-corrected chi connectivity index (χ4v) is 7.70. The highest BCUT2D eigenvalue weighted by Crippen LogP contribution is 2.52. The summed E-state index contributed by atoms with van der Waals surface area (Å²) in [6, 6.07) is 4.40. The summed E-state index contributed by atoms with van der Waals surface area (Å²) in [5.41, 5.74) is 3.86. The number of amides is 1. The second kappa shape index (κ2) is 9.17. The number of nitrogens with zero attached hydrogens (tertiary/aromatic N) is 2. The van der Waals surface area contributed by atoms with Crippen LogP contribution in [0.1, 0.15) is 34.3 Å². The molecule has 3 aliphatic carbocycles. The summed E-state index contributed by atoms with van der Waals surface area (Å²) in [5.74, 6) is -10.7. The summed E-state index contributed by atoms with van der Waals surface area (Å²) >= 11 is 6.83. The number of fused-ring (bicyclic) bond motifs is 4. The number of hydrogen-bond donors (Lipinski definition) is 3. The van der Waals surface area contributed by atoms with E-state index in [-0.39, 0.29) is 24.2 Å². The molecular weight excluding hydrogens is 538 g/mol. The van der Waals surface area contributed by atoms with Crippen LogP contribution in [0.5, 0.6) is 5.75 Å². The molecule has 2 unspecified atom stereocenters. The van der Waals surface area contributed by atoms with Crippen molar-refractivity contribution >= 4 is 51.4 Å². The quantitative estimate of drug-likeness (QED) is 0.456. The van der Waals surface area contributed by atoms with Crippen LogP contribution in [0.2, 0.25) is 5.02 Å². The zero-order valence-corrected chi connectivity index (χ0v) is 22.9. The van der Waals surface area contributed by atoms with E-state index in [2.05, 4.69) is 4.90 Å². The van der Waals surface area contributed by atoms with E-state index in [0.29, 0.717) is 27.9 Å².